The Morgan fingerprint density at radius 1 is 1.55 bits per heavy atom. The van der Waals surface area contributed by atoms with Gasteiger partial charge in [0.2, 0.25) is 5.91 Å². The summed E-state index contributed by atoms with van der Waals surface area (Å²) in [7, 11) is 0. The number of ether oxygens (including phenoxy) is 1. The van der Waals surface area contributed by atoms with Crippen molar-refractivity contribution in [2.45, 2.75) is 45.3 Å². The molecular weight excluding hydrogens is 282 g/mol. The molecule has 1 unspecified atom stereocenters. The molecule has 120 valence electrons. The minimum absolute atomic E-state index is 0.0727. The maximum atomic E-state index is 12.4. The number of amides is 1. The molecule has 2 heterocycles. The van der Waals surface area contributed by atoms with Gasteiger partial charge in [-0.05, 0) is 31.3 Å². The van der Waals surface area contributed by atoms with E-state index in [0.29, 0.717) is 5.70 Å². The minimum atomic E-state index is -0.684. The lowest BCUT2D eigenvalue weighted by Crippen LogP contribution is -2.64. The number of nitrogens with zero attached hydrogens (tertiary/aromatic N) is 1. The van der Waals surface area contributed by atoms with Crippen molar-refractivity contribution in [3.05, 3.63) is 23.9 Å². The zero-order valence-electron chi connectivity index (χ0n) is 13.1. The first-order valence-corrected chi connectivity index (χ1v) is 8.02. The third-order valence-electron chi connectivity index (χ3n) is 5.24. The van der Waals surface area contributed by atoms with Crippen molar-refractivity contribution < 1.29 is 19.4 Å². The van der Waals surface area contributed by atoms with Gasteiger partial charge in [-0.3, -0.25) is 4.79 Å². The number of esters is 1. The highest BCUT2D eigenvalue weighted by Crippen LogP contribution is 2.53. The predicted molar refractivity (Wildman–Crippen MR) is 80.5 cm³/mol. The van der Waals surface area contributed by atoms with Crippen molar-refractivity contribution in [2.24, 2.45) is 17.8 Å². The molecule has 5 heteroatoms. The molecule has 5 nitrogen and oxygen atoms in total. The summed E-state index contributed by atoms with van der Waals surface area (Å²) in [6.45, 7) is 7.45. The quantitative estimate of drug-likeness (QED) is 0.487. The number of rotatable bonds is 4. The van der Waals surface area contributed by atoms with Gasteiger partial charge in [0.25, 0.3) is 0 Å². The second kappa shape index (κ2) is 5.54. The largest absolute Gasteiger partial charge is 0.457 e. The topological polar surface area (TPSA) is 66.8 Å². The summed E-state index contributed by atoms with van der Waals surface area (Å²) in [5.41, 5.74) is 1.49. The number of aliphatic hydroxyl groups excluding tert-OH is 1. The van der Waals surface area contributed by atoms with Crippen molar-refractivity contribution in [2.75, 3.05) is 6.61 Å². The van der Waals surface area contributed by atoms with Crippen LogP contribution in [-0.2, 0) is 14.3 Å². The fourth-order valence-electron chi connectivity index (χ4n) is 4.36. The molecule has 3 aliphatic rings. The van der Waals surface area contributed by atoms with Gasteiger partial charge in [0.05, 0.1) is 18.1 Å². The van der Waals surface area contributed by atoms with Crippen LogP contribution in [0.4, 0.5) is 0 Å². The van der Waals surface area contributed by atoms with Crippen LogP contribution in [0.1, 0.15) is 33.1 Å². The first-order chi connectivity index (χ1) is 10.5. The standard InChI is InChI=1S/C17H23NO4/c1-4-8-22-17(21)15-12-9(2)6-5-7-11(12)14-13(10(3)19)16(20)18(14)15/h4,9-11,13-14,19H,1,5-8H2,2-3H3/t9-,10?,11-,13+,14+/m0/s1. The van der Waals surface area contributed by atoms with E-state index in [1.807, 2.05) is 0 Å². The van der Waals surface area contributed by atoms with Crippen molar-refractivity contribution in [3.63, 3.8) is 0 Å². The zero-order chi connectivity index (χ0) is 16.0. The fraction of sp³-hybridized carbons (Fsp3) is 0.647. The van der Waals surface area contributed by atoms with E-state index in [-0.39, 0.29) is 30.4 Å². The summed E-state index contributed by atoms with van der Waals surface area (Å²) in [4.78, 5) is 26.4. The molecule has 0 aromatic rings. The summed E-state index contributed by atoms with van der Waals surface area (Å²) in [5.74, 6) is -0.520. The van der Waals surface area contributed by atoms with Gasteiger partial charge < -0.3 is 14.7 Å². The molecule has 2 aliphatic heterocycles. The van der Waals surface area contributed by atoms with Gasteiger partial charge in [-0.15, -0.1) is 0 Å². The minimum Gasteiger partial charge on any atom is -0.457 e. The summed E-state index contributed by atoms with van der Waals surface area (Å²) in [5, 5.41) is 9.92. The second-order valence-corrected chi connectivity index (χ2v) is 6.59. The highest BCUT2D eigenvalue weighted by molar-refractivity contribution is 6.01. The van der Waals surface area contributed by atoms with Crippen LogP contribution >= 0.6 is 0 Å². The molecule has 0 spiro atoms. The Morgan fingerprint density at radius 2 is 2.27 bits per heavy atom. The lowest BCUT2D eigenvalue weighted by atomic mass is 9.70. The maximum Gasteiger partial charge on any atom is 0.355 e. The van der Waals surface area contributed by atoms with Gasteiger partial charge in [-0.25, -0.2) is 4.79 Å². The third kappa shape index (κ3) is 2.02. The average molecular weight is 305 g/mol. The molecule has 3 rings (SSSR count). The van der Waals surface area contributed by atoms with Gasteiger partial charge in [0.1, 0.15) is 12.3 Å². The molecule has 22 heavy (non-hydrogen) atoms. The van der Waals surface area contributed by atoms with Gasteiger partial charge in [0.15, 0.2) is 0 Å². The Bertz CT molecular complexity index is 551. The first kappa shape index (κ1) is 15.3. The van der Waals surface area contributed by atoms with Crippen LogP contribution in [0.3, 0.4) is 0 Å². The van der Waals surface area contributed by atoms with Crippen molar-refractivity contribution in [1.82, 2.24) is 4.90 Å². The van der Waals surface area contributed by atoms with Crippen molar-refractivity contribution >= 4 is 11.9 Å². The smallest absolute Gasteiger partial charge is 0.355 e. The van der Waals surface area contributed by atoms with Crippen LogP contribution in [0.5, 0.6) is 0 Å². The Hall–Kier alpha value is -1.62. The Morgan fingerprint density at radius 3 is 2.91 bits per heavy atom. The van der Waals surface area contributed by atoms with Gasteiger partial charge in [-0.1, -0.05) is 26.0 Å². The second-order valence-electron chi connectivity index (χ2n) is 6.59. The van der Waals surface area contributed by atoms with Crippen molar-refractivity contribution in [1.29, 1.82) is 0 Å². The van der Waals surface area contributed by atoms with Gasteiger partial charge in [-0.2, -0.15) is 0 Å². The SMILES string of the molecule is C=CCOC(=O)C1=C2[C@@H](C)CCC[C@@H]2[C@@H]2[C@@H](C(C)O)C(=O)N12. The van der Waals surface area contributed by atoms with Crippen LogP contribution in [0, 0.1) is 17.8 Å². The zero-order valence-corrected chi connectivity index (χ0v) is 13.1. The molecule has 5 atom stereocenters. The predicted octanol–water partition coefficient (Wildman–Crippen LogP) is 1.63. The Kier molecular flexibility index (Phi) is 3.85. The van der Waals surface area contributed by atoms with Gasteiger partial charge >= 0.3 is 5.97 Å². The molecule has 0 radical (unpaired) electrons. The lowest BCUT2D eigenvalue weighted by molar-refractivity contribution is -0.164. The molecule has 1 N–H and O–H groups in total. The molecule has 1 saturated carbocycles. The number of hydrogen-bond donors (Lipinski definition) is 1. The third-order valence-corrected chi connectivity index (χ3v) is 5.24. The maximum absolute atomic E-state index is 12.4. The number of carbonyl (C=O) groups excluding carboxylic acids is 2. The van der Waals surface area contributed by atoms with E-state index < -0.39 is 18.0 Å². The summed E-state index contributed by atoms with van der Waals surface area (Å²) < 4.78 is 5.20. The highest BCUT2D eigenvalue weighted by Gasteiger charge is 2.61. The summed E-state index contributed by atoms with van der Waals surface area (Å²) in [6.07, 6.45) is 3.92. The van der Waals surface area contributed by atoms with E-state index in [2.05, 4.69) is 13.5 Å². The Labute approximate surface area is 130 Å². The summed E-state index contributed by atoms with van der Waals surface area (Å²) >= 11 is 0. The van der Waals surface area contributed by atoms with Crippen LogP contribution < -0.4 is 0 Å². The fourth-order valence-corrected chi connectivity index (χ4v) is 4.36. The van der Waals surface area contributed by atoms with Gasteiger partial charge in [0, 0.05) is 5.92 Å². The average Bonchev–Trinajstić information content (AvgIpc) is 2.76. The van der Waals surface area contributed by atoms with E-state index in [1.54, 1.807) is 11.8 Å². The van der Waals surface area contributed by atoms with Crippen molar-refractivity contribution in [3.8, 4) is 0 Å². The van der Waals surface area contributed by atoms with Crippen LogP contribution in [0.2, 0.25) is 0 Å². The van der Waals surface area contributed by atoms with E-state index in [1.165, 1.54) is 6.08 Å². The van der Waals surface area contributed by atoms with E-state index in [4.69, 9.17) is 4.74 Å². The molecule has 0 bridgehead atoms. The monoisotopic (exact) mass is 305 g/mol. The number of β-lactam (4-membered cyclic amide) rings is 1. The number of aliphatic hydroxyl groups is 1. The number of fused-ring (bicyclic) bond motifs is 3. The molecular formula is C17H23NO4. The molecule has 2 fully saturated rings. The van der Waals surface area contributed by atoms with Crippen LogP contribution in [0.15, 0.2) is 23.9 Å². The number of hydrogen-bond acceptors (Lipinski definition) is 4. The number of carbonyl (C=O) groups is 2. The molecule has 1 amide bonds. The molecule has 1 aliphatic carbocycles. The van der Waals surface area contributed by atoms with Crippen LogP contribution in [-0.4, -0.2) is 40.6 Å². The van der Waals surface area contributed by atoms with E-state index in [0.717, 1.165) is 24.8 Å². The first-order valence-electron chi connectivity index (χ1n) is 8.02. The molecule has 0 aromatic heterocycles. The normalized spacial score (nSPS) is 34.7. The summed E-state index contributed by atoms with van der Waals surface area (Å²) in [6, 6.07) is -0.0727. The van der Waals surface area contributed by atoms with E-state index in [9.17, 15) is 14.7 Å². The Balaban J connectivity index is 1.97. The molecule has 0 aromatic carbocycles. The molecule has 1 saturated heterocycles. The lowest BCUT2D eigenvalue weighted by Gasteiger charge is -2.47. The van der Waals surface area contributed by atoms with E-state index >= 15 is 0 Å². The highest BCUT2D eigenvalue weighted by atomic mass is 16.5. The van der Waals surface area contributed by atoms with Crippen LogP contribution in [0.25, 0.3) is 0 Å².